The van der Waals surface area contributed by atoms with Gasteiger partial charge in [0, 0.05) is 17.1 Å². The van der Waals surface area contributed by atoms with Crippen LogP contribution in [-0.2, 0) is 4.74 Å². The van der Waals surface area contributed by atoms with E-state index >= 15 is 0 Å². The Morgan fingerprint density at radius 3 is 3.00 bits per heavy atom. The Hall–Kier alpha value is -1.23. The maximum atomic E-state index is 11.6. The van der Waals surface area contributed by atoms with Gasteiger partial charge >= 0.3 is 6.09 Å². The van der Waals surface area contributed by atoms with Crippen molar-refractivity contribution in [3.05, 3.63) is 22.7 Å². The van der Waals surface area contributed by atoms with Crippen LogP contribution in [0.1, 0.15) is 6.42 Å². The molecule has 4 nitrogen and oxygen atoms in total. The van der Waals surface area contributed by atoms with Crippen molar-refractivity contribution in [1.29, 1.82) is 0 Å². The molecule has 0 aromatic heterocycles. The number of halogens is 1. The highest BCUT2D eigenvalue weighted by molar-refractivity contribution is 9.10. The molecule has 0 bridgehead atoms. The first-order valence-electron chi connectivity index (χ1n) is 5.00. The quantitative estimate of drug-likeness (QED) is 0.839. The molecule has 0 unspecified atom stereocenters. The lowest BCUT2D eigenvalue weighted by Crippen LogP contribution is -2.37. The first-order chi connectivity index (χ1) is 7.72. The molecule has 0 atom stereocenters. The Morgan fingerprint density at radius 1 is 1.50 bits per heavy atom. The summed E-state index contributed by atoms with van der Waals surface area (Å²) < 4.78 is 11.0. The maximum Gasteiger partial charge on any atom is 0.414 e. The number of ether oxygens (including phenoxy) is 2. The number of rotatable bonds is 2. The van der Waals surface area contributed by atoms with E-state index < -0.39 is 0 Å². The predicted octanol–water partition coefficient (Wildman–Crippen LogP) is 2.80. The topological polar surface area (TPSA) is 38.8 Å². The van der Waals surface area contributed by atoms with Gasteiger partial charge in [-0.15, -0.1) is 0 Å². The van der Waals surface area contributed by atoms with Crippen LogP contribution in [0.2, 0.25) is 0 Å². The van der Waals surface area contributed by atoms with Crippen molar-refractivity contribution in [1.82, 2.24) is 0 Å². The van der Waals surface area contributed by atoms with E-state index in [2.05, 4.69) is 15.9 Å². The zero-order chi connectivity index (χ0) is 11.5. The summed E-state index contributed by atoms with van der Waals surface area (Å²) in [7, 11) is 1.60. The van der Waals surface area contributed by atoms with Gasteiger partial charge in [0.2, 0.25) is 0 Å². The van der Waals surface area contributed by atoms with Gasteiger partial charge < -0.3 is 9.47 Å². The monoisotopic (exact) mass is 285 g/mol. The van der Waals surface area contributed by atoms with Gasteiger partial charge in [-0.1, -0.05) is 0 Å². The molecule has 1 saturated heterocycles. The predicted molar refractivity (Wildman–Crippen MR) is 64.0 cm³/mol. The molecule has 0 N–H and O–H groups in total. The number of methoxy groups -OCH3 is 1. The van der Waals surface area contributed by atoms with Crippen molar-refractivity contribution in [2.45, 2.75) is 6.42 Å². The largest absolute Gasteiger partial charge is 0.497 e. The molecule has 1 aliphatic rings. The van der Waals surface area contributed by atoms with Gasteiger partial charge in [-0.05, 0) is 34.5 Å². The summed E-state index contributed by atoms with van der Waals surface area (Å²) in [6.07, 6.45) is 0.537. The number of benzene rings is 1. The molecule has 0 saturated carbocycles. The standard InChI is InChI=1S/C11H12BrNO3/c1-15-8-3-4-9(12)10(7-8)13-5-2-6-16-11(13)14/h3-4,7H,2,5-6H2,1H3. The average molecular weight is 286 g/mol. The minimum absolute atomic E-state index is 0.305. The van der Waals surface area contributed by atoms with E-state index in [0.717, 1.165) is 22.3 Å². The molecule has 1 fully saturated rings. The second-order valence-corrected chi connectivity index (χ2v) is 4.29. The zero-order valence-corrected chi connectivity index (χ0v) is 10.5. The van der Waals surface area contributed by atoms with E-state index in [9.17, 15) is 4.79 Å². The Labute approximate surface area is 102 Å². The summed E-state index contributed by atoms with van der Waals surface area (Å²) in [6.45, 7) is 1.17. The Bertz CT molecular complexity index is 408. The normalized spacial score (nSPS) is 15.9. The maximum absolute atomic E-state index is 11.6. The number of nitrogens with zero attached hydrogens (tertiary/aromatic N) is 1. The highest BCUT2D eigenvalue weighted by atomic mass is 79.9. The third kappa shape index (κ3) is 2.14. The molecular weight excluding hydrogens is 274 g/mol. The molecular formula is C11H12BrNO3. The molecule has 86 valence electrons. The van der Waals surface area contributed by atoms with Crippen molar-refractivity contribution in [2.75, 3.05) is 25.2 Å². The van der Waals surface area contributed by atoms with Crippen molar-refractivity contribution >= 4 is 27.7 Å². The van der Waals surface area contributed by atoms with E-state index in [1.54, 1.807) is 12.0 Å². The van der Waals surface area contributed by atoms with Crippen LogP contribution < -0.4 is 9.64 Å². The van der Waals surface area contributed by atoms with E-state index in [4.69, 9.17) is 9.47 Å². The van der Waals surface area contributed by atoms with Gasteiger partial charge in [0.05, 0.1) is 19.4 Å². The second-order valence-electron chi connectivity index (χ2n) is 3.44. The lowest BCUT2D eigenvalue weighted by Gasteiger charge is -2.27. The van der Waals surface area contributed by atoms with E-state index in [-0.39, 0.29) is 6.09 Å². The zero-order valence-electron chi connectivity index (χ0n) is 8.90. The summed E-state index contributed by atoms with van der Waals surface area (Å²) in [5.41, 5.74) is 0.782. The SMILES string of the molecule is COc1ccc(Br)c(N2CCCOC2=O)c1. The van der Waals surface area contributed by atoms with Gasteiger partial charge in [-0.3, -0.25) is 4.90 Å². The van der Waals surface area contributed by atoms with Gasteiger partial charge in [0.1, 0.15) is 5.75 Å². The van der Waals surface area contributed by atoms with Crippen molar-refractivity contribution in [2.24, 2.45) is 0 Å². The molecule has 0 aliphatic carbocycles. The van der Waals surface area contributed by atoms with Crippen LogP contribution >= 0.6 is 15.9 Å². The summed E-state index contributed by atoms with van der Waals surface area (Å²) in [5.74, 6) is 0.719. The average Bonchev–Trinajstić information content (AvgIpc) is 2.31. The fourth-order valence-corrected chi connectivity index (χ4v) is 2.06. The second kappa shape index (κ2) is 4.74. The number of carbonyl (C=O) groups excluding carboxylic acids is 1. The van der Waals surface area contributed by atoms with Crippen LogP contribution in [-0.4, -0.2) is 26.4 Å². The molecule has 1 amide bonds. The molecule has 0 radical (unpaired) electrons. The molecule has 2 rings (SSSR count). The Balaban J connectivity index is 2.33. The van der Waals surface area contributed by atoms with Crippen LogP contribution in [0, 0.1) is 0 Å². The van der Waals surface area contributed by atoms with Crippen LogP contribution in [0.15, 0.2) is 22.7 Å². The summed E-state index contributed by atoms with van der Waals surface area (Å²) in [4.78, 5) is 13.2. The smallest absolute Gasteiger partial charge is 0.414 e. The molecule has 0 spiro atoms. The van der Waals surface area contributed by atoms with Gasteiger partial charge in [0.15, 0.2) is 0 Å². The van der Waals surface area contributed by atoms with Crippen LogP contribution in [0.25, 0.3) is 0 Å². The van der Waals surface area contributed by atoms with Gasteiger partial charge in [-0.25, -0.2) is 4.79 Å². The van der Waals surface area contributed by atoms with E-state index in [1.807, 2.05) is 18.2 Å². The molecule has 1 heterocycles. The fraction of sp³-hybridized carbons (Fsp3) is 0.364. The molecule has 1 aliphatic heterocycles. The minimum Gasteiger partial charge on any atom is -0.497 e. The van der Waals surface area contributed by atoms with E-state index in [1.165, 1.54) is 0 Å². The number of hydrogen-bond acceptors (Lipinski definition) is 3. The molecule has 16 heavy (non-hydrogen) atoms. The van der Waals surface area contributed by atoms with Crippen LogP contribution in [0.3, 0.4) is 0 Å². The number of hydrogen-bond donors (Lipinski definition) is 0. The number of anilines is 1. The number of cyclic esters (lactones) is 1. The van der Waals surface area contributed by atoms with Crippen molar-refractivity contribution < 1.29 is 14.3 Å². The van der Waals surface area contributed by atoms with Gasteiger partial charge in [-0.2, -0.15) is 0 Å². The first kappa shape index (κ1) is 11.3. The molecule has 1 aromatic rings. The molecule has 1 aromatic carbocycles. The lowest BCUT2D eigenvalue weighted by atomic mass is 10.2. The number of amides is 1. The highest BCUT2D eigenvalue weighted by Crippen LogP contribution is 2.31. The molecule has 5 heteroatoms. The van der Waals surface area contributed by atoms with Gasteiger partial charge in [0.25, 0.3) is 0 Å². The summed E-state index contributed by atoms with van der Waals surface area (Å²) in [6, 6.07) is 5.51. The van der Waals surface area contributed by atoms with Crippen molar-refractivity contribution in [3.8, 4) is 5.75 Å². The first-order valence-corrected chi connectivity index (χ1v) is 5.79. The third-order valence-corrected chi connectivity index (χ3v) is 3.09. The minimum atomic E-state index is -0.305. The van der Waals surface area contributed by atoms with E-state index in [0.29, 0.717) is 13.2 Å². The fourth-order valence-electron chi connectivity index (χ4n) is 1.60. The Kier molecular flexibility index (Phi) is 3.33. The van der Waals surface area contributed by atoms with Crippen LogP contribution in [0.5, 0.6) is 5.75 Å². The van der Waals surface area contributed by atoms with Crippen LogP contribution in [0.4, 0.5) is 10.5 Å². The number of carbonyl (C=O) groups is 1. The summed E-state index contributed by atoms with van der Waals surface area (Å²) in [5, 5.41) is 0. The third-order valence-electron chi connectivity index (χ3n) is 2.42. The highest BCUT2D eigenvalue weighted by Gasteiger charge is 2.23. The Morgan fingerprint density at radius 2 is 2.31 bits per heavy atom. The lowest BCUT2D eigenvalue weighted by molar-refractivity contribution is 0.140. The van der Waals surface area contributed by atoms with Crippen molar-refractivity contribution in [3.63, 3.8) is 0 Å². The summed E-state index contributed by atoms with van der Waals surface area (Å²) >= 11 is 3.42.